The van der Waals surface area contributed by atoms with E-state index >= 15 is 0 Å². The van der Waals surface area contributed by atoms with Crippen LogP contribution in [0.5, 0.6) is 5.75 Å². The highest BCUT2D eigenvalue weighted by Crippen LogP contribution is 2.21. The molecule has 1 fully saturated rings. The van der Waals surface area contributed by atoms with Crippen molar-refractivity contribution in [3.63, 3.8) is 0 Å². The van der Waals surface area contributed by atoms with E-state index < -0.39 is 6.04 Å². The molecule has 1 heterocycles. The van der Waals surface area contributed by atoms with Gasteiger partial charge in [-0.3, -0.25) is 14.4 Å². The highest BCUT2D eigenvalue weighted by atomic mass is 16.5. The molecule has 7 nitrogen and oxygen atoms in total. The second kappa shape index (κ2) is 10.8. The third kappa shape index (κ3) is 6.21. The Morgan fingerprint density at radius 1 is 1.07 bits per heavy atom. The number of piperidine rings is 1. The molecular weight excluding hydrogens is 372 g/mol. The first-order chi connectivity index (χ1) is 13.9. The van der Waals surface area contributed by atoms with Crippen molar-refractivity contribution >= 4 is 17.8 Å². The average Bonchev–Trinajstić information content (AvgIpc) is 2.72. The van der Waals surface area contributed by atoms with Gasteiger partial charge in [0, 0.05) is 18.7 Å². The maximum absolute atomic E-state index is 13.0. The summed E-state index contributed by atoms with van der Waals surface area (Å²) in [7, 11) is 0. The lowest BCUT2D eigenvalue weighted by atomic mass is 9.95. The molecule has 7 heteroatoms. The summed E-state index contributed by atoms with van der Waals surface area (Å²) in [5.74, 6) is -0.108. The molecule has 0 aromatic heterocycles. The van der Waals surface area contributed by atoms with Gasteiger partial charge in [0.2, 0.25) is 5.91 Å². The normalized spacial score (nSPS) is 15.7. The van der Waals surface area contributed by atoms with Crippen LogP contribution >= 0.6 is 0 Å². The fraction of sp³-hybridized carbons (Fsp3) is 0.591. The third-order valence-corrected chi connectivity index (χ3v) is 5.07. The quantitative estimate of drug-likeness (QED) is 0.674. The molecule has 1 N–H and O–H groups in total. The van der Waals surface area contributed by atoms with Crippen molar-refractivity contribution in [1.29, 1.82) is 0 Å². The Morgan fingerprint density at radius 2 is 1.69 bits per heavy atom. The van der Waals surface area contributed by atoms with Crippen LogP contribution in [0.2, 0.25) is 0 Å². The molecule has 0 saturated carbocycles. The summed E-state index contributed by atoms with van der Waals surface area (Å²) in [6.45, 7) is 9.41. The predicted octanol–water partition coefficient (Wildman–Crippen LogP) is 2.64. The fourth-order valence-electron chi connectivity index (χ4n) is 3.40. The zero-order valence-corrected chi connectivity index (χ0v) is 17.8. The van der Waals surface area contributed by atoms with Crippen LogP contribution in [0.25, 0.3) is 0 Å². The number of nitrogens with one attached hydrogen (secondary N) is 1. The number of rotatable bonds is 8. The van der Waals surface area contributed by atoms with E-state index in [2.05, 4.69) is 5.32 Å². The van der Waals surface area contributed by atoms with Gasteiger partial charge < -0.3 is 19.7 Å². The van der Waals surface area contributed by atoms with Gasteiger partial charge in [-0.05, 0) is 56.9 Å². The van der Waals surface area contributed by atoms with E-state index in [0.717, 1.165) is 0 Å². The van der Waals surface area contributed by atoms with Gasteiger partial charge in [-0.15, -0.1) is 0 Å². The van der Waals surface area contributed by atoms with Gasteiger partial charge >= 0.3 is 5.97 Å². The number of hydrogen-bond donors (Lipinski definition) is 1. The second-order valence-electron chi connectivity index (χ2n) is 7.50. The molecule has 1 aromatic carbocycles. The van der Waals surface area contributed by atoms with Crippen molar-refractivity contribution < 1.29 is 23.9 Å². The molecule has 1 saturated heterocycles. The summed E-state index contributed by atoms with van der Waals surface area (Å²) in [6, 6.07) is 6.24. The summed E-state index contributed by atoms with van der Waals surface area (Å²) in [6.07, 6.45) is 1.17. The number of carbonyl (C=O) groups excluding carboxylic acids is 3. The molecule has 1 aliphatic heterocycles. The molecule has 1 atom stereocenters. The van der Waals surface area contributed by atoms with Crippen molar-refractivity contribution in [3.05, 3.63) is 29.8 Å². The molecule has 0 bridgehead atoms. The van der Waals surface area contributed by atoms with E-state index in [1.807, 2.05) is 20.8 Å². The van der Waals surface area contributed by atoms with E-state index in [1.165, 1.54) is 0 Å². The Kier molecular flexibility index (Phi) is 8.49. The van der Waals surface area contributed by atoms with Crippen LogP contribution in [0.4, 0.5) is 0 Å². The van der Waals surface area contributed by atoms with Crippen molar-refractivity contribution in [2.45, 2.75) is 46.6 Å². The van der Waals surface area contributed by atoms with Gasteiger partial charge in [0.05, 0.1) is 19.1 Å². The first kappa shape index (κ1) is 22.7. The maximum Gasteiger partial charge on any atom is 0.309 e. The highest BCUT2D eigenvalue weighted by molar-refractivity contribution is 5.97. The van der Waals surface area contributed by atoms with E-state index in [0.29, 0.717) is 50.5 Å². The van der Waals surface area contributed by atoms with Crippen LogP contribution in [0.1, 0.15) is 50.9 Å². The minimum absolute atomic E-state index is 0.0584. The van der Waals surface area contributed by atoms with Gasteiger partial charge in [0.25, 0.3) is 5.91 Å². The lowest BCUT2D eigenvalue weighted by Gasteiger charge is -2.34. The topological polar surface area (TPSA) is 84.9 Å². The van der Waals surface area contributed by atoms with E-state index in [-0.39, 0.29) is 29.6 Å². The molecule has 0 spiro atoms. The summed E-state index contributed by atoms with van der Waals surface area (Å²) in [5.41, 5.74) is 0.480. The third-order valence-electron chi connectivity index (χ3n) is 5.07. The molecule has 0 aliphatic carbocycles. The molecule has 1 aromatic rings. The smallest absolute Gasteiger partial charge is 0.309 e. The number of ether oxygens (including phenoxy) is 2. The molecule has 2 amide bonds. The molecular formula is C22H32N2O5. The standard InChI is InChI=1S/C22H32N2O5/c1-5-28-18-9-7-16(8-10-18)20(25)23-19(15(3)4)21(26)24-13-11-17(12-14-24)22(27)29-6-2/h7-10,15,17,19H,5-6,11-14H2,1-4H3,(H,23,25)/t19-/m0/s1. The highest BCUT2D eigenvalue weighted by Gasteiger charge is 2.33. The number of carbonyl (C=O) groups is 3. The minimum Gasteiger partial charge on any atom is -0.494 e. The summed E-state index contributed by atoms with van der Waals surface area (Å²) in [5, 5.41) is 2.87. The zero-order valence-electron chi connectivity index (χ0n) is 17.8. The lowest BCUT2D eigenvalue weighted by molar-refractivity contribution is -0.151. The first-order valence-electron chi connectivity index (χ1n) is 10.4. The Morgan fingerprint density at radius 3 is 2.21 bits per heavy atom. The van der Waals surface area contributed by atoms with Crippen molar-refractivity contribution in [3.8, 4) is 5.75 Å². The number of hydrogen-bond acceptors (Lipinski definition) is 5. The van der Waals surface area contributed by atoms with Crippen LogP contribution in [0.15, 0.2) is 24.3 Å². The van der Waals surface area contributed by atoms with Crippen molar-refractivity contribution in [2.24, 2.45) is 11.8 Å². The SMILES string of the molecule is CCOC(=O)C1CCN(C(=O)[C@@H](NC(=O)c2ccc(OCC)cc2)C(C)C)CC1. The van der Waals surface area contributed by atoms with Crippen LogP contribution in [-0.2, 0) is 14.3 Å². The number of benzene rings is 1. The van der Waals surface area contributed by atoms with Gasteiger partial charge in [0.15, 0.2) is 0 Å². The van der Waals surface area contributed by atoms with E-state index in [9.17, 15) is 14.4 Å². The minimum atomic E-state index is -0.617. The van der Waals surface area contributed by atoms with Crippen LogP contribution in [0, 0.1) is 11.8 Å². The Labute approximate surface area is 172 Å². The zero-order chi connectivity index (χ0) is 21.4. The van der Waals surface area contributed by atoms with Crippen molar-refractivity contribution in [1.82, 2.24) is 10.2 Å². The van der Waals surface area contributed by atoms with E-state index in [1.54, 1.807) is 36.1 Å². The molecule has 29 heavy (non-hydrogen) atoms. The average molecular weight is 405 g/mol. The van der Waals surface area contributed by atoms with Crippen molar-refractivity contribution in [2.75, 3.05) is 26.3 Å². The van der Waals surface area contributed by atoms with Crippen LogP contribution < -0.4 is 10.1 Å². The fourth-order valence-corrected chi connectivity index (χ4v) is 3.40. The summed E-state index contributed by atoms with van der Waals surface area (Å²) >= 11 is 0. The maximum atomic E-state index is 13.0. The molecule has 1 aliphatic rings. The number of likely N-dealkylation sites (tertiary alicyclic amines) is 1. The van der Waals surface area contributed by atoms with Crippen LogP contribution in [-0.4, -0.2) is 55.0 Å². The van der Waals surface area contributed by atoms with Gasteiger partial charge in [-0.2, -0.15) is 0 Å². The molecule has 0 radical (unpaired) electrons. The number of amides is 2. The van der Waals surface area contributed by atoms with E-state index in [4.69, 9.17) is 9.47 Å². The predicted molar refractivity (Wildman–Crippen MR) is 110 cm³/mol. The second-order valence-corrected chi connectivity index (χ2v) is 7.50. The van der Waals surface area contributed by atoms with Crippen LogP contribution in [0.3, 0.4) is 0 Å². The lowest BCUT2D eigenvalue weighted by Crippen LogP contribution is -2.53. The van der Waals surface area contributed by atoms with Gasteiger partial charge in [0.1, 0.15) is 11.8 Å². The molecule has 2 rings (SSSR count). The largest absolute Gasteiger partial charge is 0.494 e. The Bertz CT molecular complexity index is 694. The number of esters is 1. The number of nitrogens with zero attached hydrogens (tertiary/aromatic N) is 1. The monoisotopic (exact) mass is 404 g/mol. The summed E-state index contributed by atoms with van der Waals surface area (Å²) < 4.78 is 10.5. The Hall–Kier alpha value is -2.57. The molecule has 160 valence electrons. The Balaban J connectivity index is 1.97. The first-order valence-corrected chi connectivity index (χ1v) is 10.4. The van der Waals surface area contributed by atoms with Gasteiger partial charge in [-0.25, -0.2) is 0 Å². The summed E-state index contributed by atoms with van der Waals surface area (Å²) in [4.78, 5) is 39.3. The van der Waals surface area contributed by atoms with Gasteiger partial charge in [-0.1, -0.05) is 13.8 Å². The molecule has 0 unspecified atom stereocenters.